The van der Waals surface area contributed by atoms with E-state index in [4.69, 9.17) is 0 Å². The Morgan fingerprint density at radius 3 is 2.78 bits per heavy atom. The monoisotopic (exact) mass is 259 g/mol. The summed E-state index contributed by atoms with van der Waals surface area (Å²) in [6.45, 7) is 10.5. The number of rotatable bonds is 4. The summed E-state index contributed by atoms with van der Waals surface area (Å²) in [5.41, 5.74) is 4.08. The van der Waals surface area contributed by atoms with Crippen LogP contribution in [0.1, 0.15) is 42.2 Å². The number of nitrogens with one attached hydrogen (secondary N) is 1. The molecule has 96 valence electrons. The molecule has 2 atom stereocenters. The molecule has 0 aromatic carbocycles. The highest BCUT2D eigenvalue weighted by Crippen LogP contribution is 2.45. The third-order valence-electron chi connectivity index (χ3n) is 4.25. The molecule has 2 unspecified atom stereocenters. The second-order valence-electron chi connectivity index (χ2n) is 5.63. The van der Waals surface area contributed by atoms with Crippen molar-refractivity contribution in [1.29, 1.82) is 0 Å². The normalized spacial score (nSPS) is 25.4. The van der Waals surface area contributed by atoms with Gasteiger partial charge in [-0.3, -0.25) is 0 Å². The van der Waals surface area contributed by atoms with Gasteiger partial charge in [-0.25, -0.2) is 0 Å². The molecule has 2 heteroatoms. The Kier molecular flexibility index (Phi) is 3.06. The molecule has 3 rings (SSSR count). The van der Waals surface area contributed by atoms with Crippen molar-refractivity contribution < 1.29 is 0 Å². The van der Waals surface area contributed by atoms with Crippen molar-refractivity contribution in [2.45, 2.75) is 39.0 Å². The molecule has 0 aliphatic heterocycles. The van der Waals surface area contributed by atoms with Gasteiger partial charge in [0.25, 0.3) is 0 Å². The molecule has 0 spiro atoms. The van der Waals surface area contributed by atoms with Crippen LogP contribution in [0.3, 0.4) is 0 Å². The summed E-state index contributed by atoms with van der Waals surface area (Å²) in [6, 6.07) is 0. The van der Waals surface area contributed by atoms with Gasteiger partial charge in [-0.1, -0.05) is 26.2 Å². The number of hydrogen-bond donors (Lipinski definition) is 1. The number of anilines is 1. The van der Waals surface area contributed by atoms with Crippen LogP contribution in [0.5, 0.6) is 0 Å². The highest BCUT2D eigenvalue weighted by molar-refractivity contribution is 7.16. The largest absolute Gasteiger partial charge is 0.350 e. The van der Waals surface area contributed by atoms with Crippen LogP contribution in [0.25, 0.3) is 6.08 Å². The van der Waals surface area contributed by atoms with E-state index >= 15 is 0 Å². The highest BCUT2D eigenvalue weighted by Gasteiger charge is 2.35. The van der Waals surface area contributed by atoms with Crippen LogP contribution in [0, 0.1) is 11.8 Å². The molecule has 2 aliphatic carbocycles. The molecule has 0 bridgehead atoms. The van der Waals surface area contributed by atoms with E-state index in [1.54, 1.807) is 10.4 Å². The number of fused-ring (bicyclic) bond motifs is 1. The van der Waals surface area contributed by atoms with E-state index in [-0.39, 0.29) is 0 Å². The minimum atomic E-state index is 0.682. The van der Waals surface area contributed by atoms with Gasteiger partial charge in [0.15, 0.2) is 0 Å². The van der Waals surface area contributed by atoms with E-state index in [1.807, 2.05) is 17.4 Å². The van der Waals surface area contributed by atoms with Gasteiger partial charge < -0.3 is 5.32 Å². The molecule has 0 radical (unpaired) electrons. The third-order valence-corrected chi connectivity index (χ3v) is 5.47. The number of allylic oxidation sites excluding steroid dienone is 1. The summed E-state index contributed by atoms with van der Waals surface area (Å²) >= 11 is 1.92. The summed E-state index contributed by atoms with van der Waals surface area (Å²) in [5, 5.41) is 4.84. The summed E-state index contributed by atoms with van der Waals surface area (Å²) in [7, 11) is 0. The predicted octanol–water partition coefficient (Wildman–Crippen LogP) is 4.85. The maximum atomic E-state index is 4.21. The zero-order valence-corrected chi connectivity index (χ0v) is 11.9. The van der Waals surface area contributed by atoms with Crippen LogP contribution in [0.4, 0.5) is 5.00 Å². The summed E-state index contributed by atoms with van der Waals surface area (Å²) in [5.74, 6) is 1.49. The van der Waals surface area contributed by atoms with Crippen molar-refractivity contribution in [1.82, 2.24) is 0 Å². The Morgan fingerprint density at radius 2 is 2.11 bits per heavy atom. The van der Waals surface area contributed by atoms with E-state index in [9.17, 15) is 0 Å². The van der Waals surface area contributed by atoms with Gasteiger partial charge in [-0.2, -0.15) is 0 Å². The van der Waals surface area contributed by atoms with Crippen molar-refractivity contribution in [3.05, 3.63) is 34.9 Å². The third kappa shape index (κ3) is 2.03. The fraction of sp³-hybridized carbons (Fsp3) is 0.500. The second-order valence-corrected chi connectivity index (χ2v) is 6.73. The van der Waals surface area contributed by atoms with Crippen molar-refractivity contribution >= 4 is 22.4 Å². The molecular weight excluding hydrogens is 238 g/mol. The molecule has 1 saturated carbocycles. The van der Waals surface area contributed by atoms with Crippen molar-refractivity contribution in [3.8, 4) is 0 Å². The second kappa shape index (κ2) is 4.58. The fourth-order valence-electron chi connectivity index (χ4n) is 2.95. The van der Waals surface area contributed by atoms with Crippen molar-refractivity contribution in [2.75, 3.05) is 5.32 Å². The molecule has 1 nitrogen and oxygen atoms in total. The average molecular weight is 259 g/mol. The Morgan fingerprint density at radius 1 is 1.39 bits per heavy atom. The summed E-state index contributed by atoms with van der Waals surface area (Å²) in [6.07, 6.45) is 8.44. The first-order chi connectivity index (χ1) is 8.70. The van der Waals surface area contributed by atoms with Crippen LogP contribution < -0.4 is 5.32 Å². The van der Waals surface area contributed by atoms with Gasteiger partial charge in [-0.15, -0.1) is 11.3 Å². The molecule has 1 fully saturated rings. The first-order valence-corrected chi connectivity index (χ1v) is 7.75. The van der Waals surface area contributed by atoms with Gasteiger partial charge >= 0.3 is 0 Å². The Balaban J connectivity index is 1.85. The first-order valence-electron chi connectivity index (χ1n) is 6.93. The zero-order chi connectivity index (χ0) is 12.7. The summed E-state index contributed by atoms with van der Waals surface area (Å²) < 4.78 is 0. The maximum Gasteiger partial charge on any atom is 0.100 e. The maximum absolute atomic E-state index is 4.21. The Labute approximate surface area is 114 Å². The van der Waals surface area contributed by atoms with E-state index in [0.717, 1.165) is 5.92 Å². The van der Waals surface area contributed by atoms with E-state index in [1.165, 1.54) is 48.4 Å². The lowest BCUT2D eigenvalue weighted by Crippen LogP contribution is -2.01. The van der Waals surface area contributed by atoms with Crippen LogP contribution >= 0.6 is 11.3 Å². The molecular formula is C16H21NS. The molecule has 0 saturated heterocycles. The highest BCUT2D eigenvalue weighted by atomic mass is 32.1. The molecule has 0 amide bonds. The minimum absolute atomic E-state index is 0.682. The summed E-state index contributed by atoms with van der Waals surface area (Å²) in [4.78, 5) is 1.57. The van der Waals surface area contributed by atoms with E-state index in [2.05, 4.69) is 25.4 Å². The average Bonchev–Trinajstić information content (AvgIpc) is 3.00. The molecule has 2 aliphatic rings. The Hall–Kier alpha value is -1.02. The lowest BCUT2D eigenvalue weighted by molar-refractivity contribution is 0.696. The fourth-order valence-corrected chi connectivity index (χ4v) is 4.27. The predicted molar refractivity (Wildman–Crippen MR) is 81.1 cm³/mol. The topological polar surface area (TPSA) is 12.0 Å². The lowest BCUT2D eigenvalue weighted by atomic mass is 9.95. The van der Waals surface area contributed by atoms with E-state index in [0.29, 0.717) is 5.92 Å². The molecule has 1 aromatic rings. The van der Waals surface area contributed by atoms with Crippen LogP contribution in [0.15, 0.2) is 18.9 Å². The van der Waals surface area contributed by atoms with Gasteiger partial charge in [0.2, 0.25) is 0 Å². The Bertz CT molecular complexity index is 497. The quantitative estimate of drug-likeness (QED) is 0.815. The van der Waals surface area contributed by atoms with Crippen LogP contribution in [-0.2, 0) is 12.8 Å². The standard InChI is InChI=1S/C16H21NS/c1-4-12-13-7-5-6-8-15(13)18-16(12)17-11(3)14-9-10(14)2/h4,10,14,17H,1,3,5-9H2,2H3. The molecule has 1 aromatic heterocycles. The van der Waals surface area contributed by atoms with Crippen LogP contribution in [-0.4, -0.2) is 0 Å². The van der Waals surface area contributed by atoms with Crippen LogP contribution in [0.2, 0.25) is 0 Å². The molecule has 1 heterocycles. The van der Waals surface area contributed by atoms with Gasteiger partial charge in [0.05, 0.1) is 0 Å². The van der Waals surface area contributed by atoms with Gasteiger partial charge in [0, 0.05) is 22.1 Å². The lowest BCUT2D eigenvalue weighted by Gasteiger charge is -2.11. The van der Waals surface area contributed by atoms with Crippen molar-refractivity contribution in [2.24, 2.45) is 11.8 Å². The number of aryl methyl sites for hydroxylation is 1. The van der Waals surface area contributed by atoms with E-state index < -0.39 is 0 Å². The minimum Gasteiger partial charge on any atom is -0.350 e. The van der Waals surface area contributed by atoms with Gasteiger partial charge in [0.1, 0.15) is 5.00 Å². The van der Waals surface area contributed by atoms with Crippen molar-refractivity contribution in [3.63, 3.8) is 0 Å². The number of hydrogen-bond acceptors (Lipinski definition) is 2. The smallest absolute Gasteiger partial charge is 0.100 e. The van der Waals surface area contributed by atoms with Gasteiger partial charge in [-0.05, 0) is 43.6 Å². The zero-order valence-electron chi connectivity index (χ0n) is 11.1. The molecule has 1 N–H and O–H groups in total. The SMILES string of the molecule is C=Cc1c(NC(=C)C2CC2C)sc2c1CCCC2. The first kappa shape index (κ1) is 12.0. The molecule has 18 heavy (non-hydrogen) atoms. The number of thiophene rings is 1.